The Hall–Kier alpha value is -2.73. The van der Waals surface area contributed by atoms with E-state index >= 15 is 0 Å². The molecule has 1 N–H and O–H groups in total. The van der Waals surface area contributed by atoms with Gasteiger partial charge in [-0.1, -0.05) is 36.7 Å². The molecule has 0 saturated heterocycles. The van der Waals surface area contributed by atoms with Crippen LogP contribution in [0.5, 0.6) is 11.5 Å². The minimum atomic E-state index is -0.538. The van der Waals surface area contributed by atoms with Crippen molar-refractivity contribution >= 4 is 23.4 Å². The van der Waals surface area contributed by atoms with E-state index in [1.54, 1.807) is 38.3 Å². The third kappa shape index (κ3) is 6.13. The number of halogens is 1. The summed E-state index contributed by atoms with van der Waals surface area (Å²) in [5, 5.41) is 3.29. The van der Waals surface area contributed by atoms with Gasteiger partial charge < -0.3 is 19.7 Å². The van der Waals surface area contributed by atoms with Gasteiger partial charge in [0.15, 0.2) is 11.5 Å². The van der Waals surface area contributed by atoms with Crippen molar-refractivity contribution in [3.05, 3.63) is 58.6 Å². The Bertz CT molecular complexity index is 855. The van der Waals surface area contributed by atoms with Gasteiger partial charge in [0.2, 0.25) is 11.8 Å². The van der Waals surface area contributed by atoms with Crippen molar-refractivity contribution in [3.8, 4) is 11.5 Å². The fourth-order valence-corrected chi connectivity index (χ4v) is 3.43. The molecule has 0 aliphatic rings. The predicted molar refractivity (Wildman–Crippen MR) is 118 cm³/mol. The first-order valence-corrected chi connectivity index (χ1v) is 10.3. The molecule has 1 unspecified atom stereocenters. The highest BCUT2D eigenvalue weighted by molar-refractivity contribution is 6.30. The maximum absolute atomic E-state index is 13.2. The average molecular weight is 433 g/mol. The Morgan fingerprint density at radius 2 is 1.67 bits per heavy atom. The first-order valence-electron chi connectivity index (χ1n) is 9.89. The lowest BCUT2D eigenvalue weighted by molar-refractivity contribution is -0.141. The number of ether oxygens (including phenoxy) is 2. The highest BCUT2D eigenvalue weighted by Gasteiger charge is 2.27. The molecular weight excluding hydrogens is 404 g/mol. The van der Waals surface area contributed by atoms with E-state index in [1.165, 1.54) is 0 Å². The minimum absolute atomic E-state index is 0.0878. The second-order valence-corrected chi connectivity index (χ2v) is 7.31. The molecule has 2 aromatic rings. The van der Waals surface area contributed by atoms with Crippen molar-refractivity contribution in [2.75, 3.05) is 21.3 Å². The Balaban J connectivity index is 2.19. The average Bonchev–Trinajstić information content (AvgIpc) is 2.78. The number of hydrogen-bond acceptors (Lipinski definition) is 4. The summed E-state index contributed by atoms with van der Waals surface area (Å²) in [6.45, 7) is 2.24. The molecule has 6 nitrogen and oxygen atoms in total. The predicted octanol–water partition coefficient (Wildman–Crippen LogP) is 3.84. The van der Waals surface area contributed by atoms with Crippen LogP contribution in [0.15, 0.2) is 42.5 Å². The van der Waals surface area contributed by atoms with Crippen molar-refractivity contribution in [3.63, 3.8) is 0 Å². The van der Waals surface area contributed by atoms with E-state index in [0.29, 0.717) is 35.9 Å². The smallest absolute Gasteiger partial charge is 0.242 e. The van der Waals surface area contributed by atoms with Gasteiger partial charge in [0.05, 0.1) is 14.2 Å². The first-order chi connectivity index (χ1) is 14.4. The standard InChI is InChI=1S/C23H29ClN2O4/c1-5-19(23(28)25-2)26(15-17-6-10-18(24)11-7-17)22(27)13-9-16-8-12-20(29-3)21(14-16)30-4/h6-8,10-12,14,19H,5,9,13,15H2,1-4H3,(H,25,28). The van der Waals surface area contributed by atoms with E-state index in [9.17, 15) is 9.59 Å². The van der Waals surface area contributed by atoms with Crippen molar-refractivity contribution in [1.29, 1.82) is 0 Å². The molecule has 162 valence electrons. The molecule has 0 aliphatic carbocycles. The van der Waals surface area contributed by atoms with Gasteiger partial charge in [-0.05, 0) is 48.2 Å². The van der Waals surface area contributed by atoms with E-state index in [2.05, 4.69) is 5.32 Å². The number of nitrogens with zero attached hydrogens (tertiary/aromatic N) is 1. The van der Waals surface area contributed by atoms with Gasteiger partial charge in [0.25, 0.3) is 0 Å². The van der Waals surface area contributed by atoms with Gasteiger partial charge in [-0.15, -0.1) is 0 Å². The van der Waals surface area contributed by atoms with Crippen molar-refractivity contribution in [2.24, 2.45) is 0 Å². The molecule has 2 rings (SSSR count). The van der Waals surface area contributed by atoms with Crippen LogP contribution in [0.25, 0.3) is 0 Å². The molecule has 1 atom stereocenters. The van der Waals surface area contributed by atoms with Crippen LogP contribution in [0, 0.1) is 0 Å². The number of amides is 2. The quantitative estimate of drug-likeness (QED) is 0.619. The molecule has 0 bridgehead atoms. The maximum Gasteiger partial charge on any atom is 0.242 e. The number of likely N-dealkylation sites (N-methyl/N-ethyl adjacent to an activating group) is 1. The maximum atomic E-state index is 13.2. The Morgan fingerprint density at radius 3 is 2.23 bits per heavy atom. The summed E-state index contributed by atoms with van der Waals surface area (Å²) in [6.07, 6.45) is 1.33. The van der Waals surface area contributed by atoms with Gasteiger partial charge in [-0.3, -0.25) is 9.59 Å². The van der Waals surface area contributed by atoms with Gasteiger partial charge in [0, 0.05) is 25.0 Å². The largest absolute Gasteiger partial charge is 0.493 e. The zero-order chi connectivity index (χ0) is 22.1. The fourth-order valence-electron chi connectivity index (χ4n) is 3.30. The molecule has 2 amide bonds. The summed E-state index contributed by atoms with van der Waals surface area (Å²) in [6, 6.07) is 12.4. The molecule has 0 radical (unpaired) electrons. The lowest BCUT2D eigenvalue weighted by atomic mass is 10.1. The van der Waals surface area contributed by atoms with Crippen molar-refractivity contribution < 1.29 is 19.1 Å². The number of benzene rings is 2. The van der Waals surface area contributed by atoms with Crippen LogP contribution < -0.4 is 14.8 Å². The molecule has 30 heavy (non-hydrogen) atoms. The van der Waals surface area contributed by atoms with E-state index in [4.69, 9.17) is 21.1 Å². The molecule has 7 heteroatoms. The summed E-state index contributed by atoms with van der Waals surface area (Å²) < 4.78 is 10.6. The van der Waals surface area contributed by atoms with Gasteiger partial charge in [0.1, 0.15) is 6.04 Å². The van der Waals surface area contributed by atoms with Crippen molar-refractivity contribution in [1.82, 2.24) is 10.2 Å². The molecule has 0 heterocycles. The lowest BCUT2D eigenvalue weighted by Gasteiger charge is -2.30. The first kappa shape index (κ1) is 23.5. The summed E-state index contributed by atoms with van der Waals surface area (Å²) in [5.74, 6) is 1.00. The normalized spacial score (nSPS) is 11.5. The monoisotopic (exact) mass is 432 g/mol. The number of rotatable bonds is 10. The van der Waals surface area contributed by atoms with E-state index in [0.717, 1.165) is 11.1 Å². The molecule has 0 fully saturated rings. The Kier molecular flexibility index (Phi) is 8.99. The fraction of sp³-hybridized carbons (Fsp3) is 0.391. The van der Waals surface area contributed by atoms with Crippen molar-refractivity contribution in [2.45, 2.75) is 38.8 Å². The molecule has 2 aromatic carbocycles. The van der Waals surface area contributed by atoms with E-state index < -0.39 is 6.04 Å². The minimum Gasteiger partial charge on any atom is -0.493 e. The van der Waals surface area contributed by atoms with Gasteiger partial charge in [-0.2, -0.15) is 0 Å². The van der Waals surface area contributed by atoms with Crippen LogP contribution >= 0.6 is 11.6 Å². The number of methoxy groups -OCH3 is 2. The van der Waals surface area contributed by atoms with E-state index in [1.807, 2.05) is 37.3 Å². The third-order valence-corrected chi connectivity index (χ3v) is 5.23. The van der Waals surface area contributed by atoms with Crippen LogP contribution in [0.3, 0.4) is 0 Å². The summed E-state index contributed by atoms with van der Waals surface area (Å²) in [7, 11) is 4.74. The molecule has 0 spiro atoms. The van der Waals surface area contributed by atoms with Gasteiger partial charge in [-0.25, -0.2) is 0 Å². The van der Waals surface area contributed by atoms with Crippen LogP contribution in [0.4, 0.5) is 0 Å². The number of hydrogen-bond donors (Lipinski definition) is 1. The van der Waals surface area contributed by atoms with E-state index in [-0.39, 0.29) is 18.2 Å². The second-order valence-electron chi connectivity index (χ2n) is 6.88. The molecule has 0 saturated carbocycles. The van der Waals surface area contributed by atoms with Crippen LogP contribution in [-0.4, -0.2) is 44.0 Å². The summed E-state index contributed by atoms with van der Waals surface area (Å²) >= 11 is 5.97. The highest BCUT2D eigenvalue weighted by atomic mass is 35.5. The number of carbonyl (C=O) groups excluding carboxylic acids is 2. The van der Waals surface area contributed by atoms with Gasteiger partial charge >= 0.3 is 0 Å². The SMILES string of the molecule is CCC(C(=O)NC)N(Cc1ccc(Cl)cc1)C(=O)CCc1ccc(OC)c(OC)c1. The third-order valence-electron chi connectivity index (χ3n) is 4.97. The number of carbonyl (C=O) groups is 2. The Morgan fingerprint density at radius 1 is 1.03 bits per heavy atom. The Labute approximate surface area is 183 Å². The highest BCUT2D eigenvalue weighted by Crippen LogP contribution is 2.28. The zero-order valence-electron chi connectivity index (χ0n) is 17.9. The van der Waals surface area contributed by atoms with Crippen LogP contribution in [0.2, 0.25) is 5.02 Å². The van der Waals surface area contributed by atoms with Crippen LogP contribution in [-0.2, 0) is 22.6 Å². The molecule has 0 aliphatic heterocycles. The molecular formula is C23H29ClN2O4. The summed E-state index contributed by atoms with van der Waals surface area (Å²) in [4.78, 5) is 27.2. The topological polar surface area (TPSA) is 67.9 Å². The zero-order valence-corrected chi connectivity index (χ0v) is 18.7. The second kappa shape index (κ2) is 11.5. The molecule has 0 aromatic heterocycles. The lowest BCUT2D eigenvalue weighted by Crippen LogP contribution is -2.48. The number of nitrogens with one attached hydrogen (secondary N) is 1. The number of aryl methyl sites for hydroxylation is 1. The van der Waals surface area contributed by atoms with Crippen LogP contribution in [0.1, 0.15) is 30.9 Å². The summed E-state index contributed by atoms with van der Waals surface area (Å²) in [5.41, 5.74) is 1.88.